The van der Waals surface area contributed by atoms with Gasteiger partial charge in [0.2, 0.25) is 0 Å². The molecule has 0 aliphatic carbocycles. The molecule has 2 aromatic heterocycles. The quantitative estimate of drug-likeness (QED) is 0.797. The van der Waals surface area contributed by atoms with Gasteiger partial charge in [0, 0.05) is 17.2 Å². The van der Waals surface area contributed by atoms with Crippen molar-refractivity contribution in [2.45, 2.75) is 19.5 Å². The standard InChI is InChI=1S/C15H15BrN4/c1-11(17-10-12-5-7-13(16)8-6-12)15-19-18-14-4-2-3-9-20(14)15/h2-9,11,17H,10H2,1H3. The van der Waals surface area contributed by atoms with Crippen LogP contribution in [-0.2, 0) is 6.54 Å². The third-order valence-electron chi connectivity index (χ3n) is 3.25. The van der Waals surface area contributed by atoms with E-state index in [1.165, 1.54) is 5.56 Å². The molecular weight excluding hydrogens is 316 g/mol. The molecule has 2 heterocycles. The highest BCUT2D eigenvalue weighted by Crippen LogP contribution is 2.14. The molecule has 3 rings (SSSR count). The number of aromatic nitrogens is 3. The first-order chi connectivity index (χ1) is 9.74. The summed E-state index contributed by atoms with van der Waals surface area (Å²) in [6.45, 7) is 2.90. The lowest BCUT2D eigenvalue weighted by Crippen LogP contribution is -2.20. The average molecular weight is 331 g/mol. The molecule has 5 heteroatoms. The van der Waals surface area contributed by atoms with E-state index in [4.69, 9.17) is 0 Å². The number of rotatable bonds is 4. The van der Waals surface area contributed by atoms with Gasteiger partial charge in [0.05, 0.1) is 6.04 Å². The van der Waals surface area contributed by atoms with Crippen LogP contribution in [0, 0.1) is 0 Å². The van der Waals surface area contributed by atoms with E-state index in [0.717, 1.165) is 22.5 Å². The SMILES string of the molecule is CC(NCc1ccc(Br)cc1)c1nnc2ccccn12. The van der Waals surface area contributed by atoms with Crippen LogP contribution in [0.4, 0.5) is 0 Å². The van der Waals surface area contributed by atoms with E-state index in [2.05, 4.69) is 50.5 Å². The maximum Gasteiger partial charge on any atom is 0.160 e. The van der Waals surface area contributed by atoms with Crippen LogP contribution < -0.4 is 5.32 Å². The summed E-state index contributed by atoms with van der Waals surface area (Å²) in [4.78, 5) is 0. The molecule has 0 saturated heterocycles. The molecule has 0 fully saturated rings. The zero-order valence-electron chi connectivity index (χ0n) is 11.1. The molecule has 1 N–H and O–H groups in total. The number of hydrogen-bond donors (Lipinski definition) is 1. The fraction of sp³-hybridized carbons (Fsp3) is 0.200. The normalized spacial score (nSPS) is 12.7. The number of pyridine rings is 1. The fourth-order valence-corrected chi connectivity index (χ4v) is 2.38. The van der Waals surface area contributed by atoms with Gasteiger partial charge in [-0.3, -0.25) is 4.40 Å². The zero-order valence-corrected chi connectivity index (χ0v) is 12.7. The van der Waals surface area contributed by atoms with Crippen LogP contribution in [0.25, 0.3) is 5.65 Å². The van der Waals surface area contributed by atoms with Crippen molar-refractivity contribution < 1.29 is 0 Å². The molecule has 1 unspecified atom stereocenters. The summed E-state index contributed by atoms with van der Waals surface area (Å²) in [5.74, 6) is 0.928. The Morgan fingerprint density at radius 3 is 2.75 bits per heavy atom. The van der Waals surface area contributed by atoms with Gasteiger partial charge in [-0.1, -0.05) is 34.1 Å². The van der Waals surface area contributed by atoms with Gasteiger partial charge in [0.25, 0.3) is 0 Å². The Balaban J connectivity index is 1.73. The summed E-state index contributed by atoms with van der Waals surface area (Å²) in [6, 6.07) is 14.4. The van der Waals surface area contributed by atoms with Gasteiger partial charge in [0.1, 0.15) is 0 Å². The van der Waals surface area contributed by atoms with Gasteiger partial charge in [-0.05, 0) is 36.8 Å². The predicted molar refractivity (Wildman–Crippen MR) is 82.4 cm³/mol. The second-order valence-electron chi connectivity index (χ2n) is 4.72. The summed E-state index contributed by atoms with van der Waals surface area (Å²) >= 11 is 3.44. The van der Waals surface area contributed by atoms with Crippen LogP contribution >= 0.6 is 15.9 Å². The molecule has 20 heavy (non-hydrogen) atoms. The fourth-order valence-electron chi connectivity index (χ4n) is 2.12. The van der Waals surface area contributed by atoms with E-state index in [1.54, 1.807) is 0 Å². The van der Waals surface area contributed by atoms with E-state index in [9.17, 15) is 0 Å². The maximum absolute atomic E-state index is 4.26. The van der Waals surface area contributed by atoms with Gasteiger partial charge >= 0.3 is 0 Å². The van der Waals surface area contributed by atoms with Crippen molar-refractivity contribution in [3.05, 3.63) is 64.5 Å². The summed E-state index contributed by atoms with van der Waals surface area (Å²) in [6.07, 6.45) is 1.99. The Morgan fingerprint density at radius 2 is 1.95 bits per heavy atom. The van der Waals surface area contributed by atoms with Crippen molar-refractivity contribution >= 4 is 21.6 Å². The summed E-state index contributed by atoms with van der Waals surface area (Å²) in [5, 5.41) is 11.9. The van der Waals surface area contributed by atoms with Crippen LogP contribution in [0.1, 0.15) is 24.4 Å². The second-order valence-corrected chi connectivity index (χ2v) is 5.63. The average Bonchev–Trinajstić information content (AvgIpc) is 2.90. The Labute approximate surface area is 126 Å². The third kappa shape index (κ3) is 2.73. The highest BCUT2D eigenvalue weighted by molar-refractivity contribution is 9.10. The highest BCUT2D eigenvalue weighted by atomic mass is 79.9. The molecule has 0 aliphatic heterocycles. The third-order valence-corrected chi connectivity index (χ3v) is 3.78. The number of hydrogen-bond acceptors (Lipinski definition) is 3. The summed E-state index contributed by atoms with van der Waals surface area (Å²) in [5.41, 5.74) is 2.12. The topological polar surface area (TPSA) is 42.2 Å². The minimum Gasteiger partial charge on any atom is -0.303 e. The molecule has 1 atom stereocenters. The van der Waals surface area contributed by atoms with Crippen molar-refractivity contribution in [3.63, 3.8) is 0 Å². The maximum atomic E-state index is 4.26. The molecular formula is C15H15BrN4. The Morgan fingerprint density at radius 1 is 1.15 bits per heavy atom. The number of halogens is 1. The van der Waals surface area contributed by atoms with E-state index in [-0.39, 0.29) is 6.04 Å². The molecule has 0 saturated carbocycles. The lowest BCUT2D eigenvalue weighted by atomic mass is 10.2. The molecule has 1 aromatic carbocycles. The minimum atomic E-state index is 0.135. The van der Waals surface area contributed by atoms with Crippen LogP contribution in [0.2, 0.25) is 0 Å². The van der Waals surface area contributed by atoms with Crippen LogP contribution in [-0.4, -0.2) is 14.6 Å². The first-order valence-corrected chi connectivity index (χ1v) is 7.31. The molecule has 0 radical (unpaired) electrons. The molecule has 0 bridgehead atoms. The van der Waals surface area contributed by atoms with Crippen molar-refractivity contribution in [2.75, 3.05) is 0 Å². The highest BCUT2D eigenvalue weighted by Gasteiger charge is 2.12. The Bertz CT molecular complexity index is 705. The molecule has 0 aliphatic rings. The van der Waals surface area contributed by atoms with Gasteiger partial charge in [-0.2, -0.15) is 0 Å². The smallest absolute Gasteiger partial charge is 0.160 e. The van der Waals surface area contributed by atoms with Gasteiger partial charge in [-0.25, -0.2) is 0 Å². The lowest BCUT2D eigenvalue weighted by molar-refractivity contribution is 0.541. The van der Waals surface area contributed by atoms with Crippen molar-refractivity contribution in [3.8, 4) is 0 Å². The first-order valence-electron chi connectivity index (χ1n) is 6.51. The van der Waals surface area contributed by atoms with Crippen molar-refractivity contribution in [1.82, 2.24) is 19.9 Å². The number of nitrogens with zero attached hydrogens (tertiary/aromatic N) is 3. The van der Waals surface area contributed by atoms with Crippen molar-refractivity contribution in [2.24, 2.45) is 0 Å². The van der Waals surface area contributed by atoms with Crippen molar-refractivity contribution in [1.29, 1.82) is 0 Å². The Kier molecular flexibility index (Phi) is 3.80. The van der Waals surface area contributed by atoms with Gasteiger partial charge < -0.3 is 5.32 Å². The second kappa shape index (κ2) is 5.73. The van der Waals surface area contributed by atoms with E-state index in [1.807, 2.05) is 40.9 Å². The van der Waals surface area contributed by atoms with Crippen LogP contribution in [0.3, 0.4) is 0 Å². The lowest BCUT2D eigenvalue weighted by Gasteiger charge is -2.12. The molecule has 0 spiro atoms. The van der Waals surface area contributed by atoms with E-state index in [0.29, 0.717) is 0 Å². The number of nitrogens with one attached hydrogen (secondary N) is 1. The number of fused-ring (bicyclic) bond motifs is 1. The zero-order chi connectivity index (χ0) is 13.9. The van der Waals surface area contributed by atoms with Gasteiger partial charge in [-0.15, -0.1) is 10.2 Å². The van der Waals surface area contributed by atoms with Gasteiger partial charge in [0.15, 0.2) is 11.5 Å². The van der Waals surface area contributed by atoms with E-state index < -0.39 is 0 Å². The molecule has 3 aromatic rings. The summed E-state index contributed by atoms with van der Waals surface area (Å²) in [7, 11) is 0. The largest absolute Gasteiger partial charge is 0.303 e. The molecule has 4 nitrogen and oxygen atoms in total. The number of benzene rings is 1. The predicted octanol–water partition coefficient (Wildman–Crippen LogP) is 3.34. The first kappa shape index (κ1) is 13.3. The Hall–Kier alpha value is -1.72. The minimum absolute atomic E-state index is 0.135. The summed E-state index contributed by atoms with van der Waals surface area (Å²) < 4.78 is 3.11. The van der Waals surface area contributed by atoms with Crippen LogP contribution in [0.5, 0.6) is 0 Å². The monoisotopic (exact) mass is 330 g/mol. The van der Waals surface area contributed by atoms with E-state index >= 15 is 0 Å². The van der Waals surface area contributed by atoms with Crippen LogP contribution in [0.15, 0.2) is 53.1 Å². The molecule has 102 valence electrons. The molecule has 0 amide bonds.